The van der Waals surface area contributed by atoms with Crippen molar-refractivity contribution in [1.29, 1.82) is 0 Å². The monoisotopic (exact) mass is 694 g/mol. The van der Waals surface area contributed by atoms with Gasteiger partial charge in [-0.05, 0) is 64.2 Å². The zero-order valence-electron chi connectivity index (χ0n) is 32.4. The number of amides is 1. The maximum Gasteiger partial charge on any atom is 0.249 e. The molecule has 0 aliphatic carbocycles. The molecule has 0 heterocycles. The predicted octanol–water partition coefficient (Wildman–Crippen LogP) is 10.8. The molecule has 0 radical (unpaired) electrons. The lowest BCUT2D eigenvalue weighted by Gasteiger charge is -2.27. The van der Waals surface area contributed by atoms with Gasteiger partial charge in [0.05, 0.1) is 18.8 Å². The molecule has 4 atom stereocenters. The third-order valence-electron chi connectivity index (χ3n) is 9.88. The Kier molecular flexibility index (Phi) is 37.1. The topological polar surface area (TPSA) is 110 Å². The molecule has 0 aromatic carbocycles. The zero-order chi connectivity index (χ0) is 36.0. The van der Waals surface area contributed by atoms with Crippen molar-refractivity contribution in [2.24, 2.45) is 0 Å². The molecular weight excluding hydrogens is 610 g/mol. The van der Waals surface area contributed by atoms with Gasteiger partial charge < -0.3 is 25.7 Å². The Balaban J connectivity index is 3.74. The van der Waals surface area contributed by atoms with Crippen LogP contribution in [-0.4, -0.2) is 57.3 Å². The fraction of sp³-hybridized carbons (Fsp3) is 0.884. The highest BCUT2D eigenvalue weighted by atomic mass is 16.3. The third kappa shape index (κ3) is 32.4. The van der Waals surface area contributed by atoms with Crippen molar-refractivity contribution in [3.8, 4) is 0 Å². The molecule has 0 aromatic rings. The maximum atomic E-state index is 12.5. The molecule has 49 heavy (non-hydrogen) atoms. The number of carbonyl (C=O) groups is 1. The van der Waals surface area contributed by atoms with E-state index in [0.29, 0.717) is 12.8 Å². The van der Waals surface area contributed by atoms with E-state index in [1.807, 2.05) is 0 Å². The number of nitrogens with one attached hydrogen (secondary N) is 1. The number of hydrogen-bond donors (Lipinski definition) is 5. The lowest BCUT2D eigenvalue weighted by atomic mass is 10.00. The van der Waals surface area contributed by atoms with Gasteiger partial charge in [0.1, 0.15) is 12.2 Å². The molecule has 6 nitrogen and oxygen atoms in total. The molecule has 5 N–H and O–H groups in total. The first-order chi connectivity index (χ1) is 24.0. The van der Waals surface area contributed by atoms with Gasteiger partial charge in [0.2, 0.25) is 5.91 Å². The number of hydrogen-bond acceptors (Lipinski definition) is 5. The van der Waals surface area contributed by atoms with Crippen molar-refractivity contribution in [3.05, 3.63) is 24.3 Å². The quantitative estimate of drug-likeness (QED) is 0.0327. The summed E-state index contributed by atoms with van der Waals surface area (Å²) in [6.45, 7) is 4.01. The highest BCUT2D eigenvalue weighted by Gasteiger charge is 2.28. The minimum Gasteiger partial charge on any atom is -0.394 e. The first-order valence-corrected chi connectivity index (χ1v) is 21.2. The van der Waals surface area contributed by atoms with Gasteiger partial charge >= 0.3 is 0 Å². The molecule has 1 amide bonds. The highest BCUT2D eigenvalue weighted by Crippen LogP contribution is 2.15. The van der Waals surface area contributed by atoms with Crippen LogP contribution >= 0.6 is 0 Å². The minimum atomic E-state index is -1.28. The van der Waals surface area contributed by atoms with Crippen LogP contribution in [0.15, 0.2) is 24.3 Å². The Bertz CT molecular complexity index is 742. The van der Waals surface area contributed by atoms with Gasteiger partial charge in [0.15, 0.2) is 0 Å². The van der Waals surface area contributed by atoms with Crippen molar-refractivity contribution in [2.45, 2.75) is 237 Å². The van der Waals surface area contributed by atoms with Crippen LogP contribution in [0.2, 0.25) is 0 Å². The molecule has 290 valence electrons. The van der Waals surface area contributed by atoms with E-state index in [0.717, 1.165) is 44.9 Å². The van der Waals surface area contributed by atoms with Crippen molar-refractivity contribution in [1.82, 2.24) is 5.32 Å². The molecule has 0 rings (SSSR count). The molecule has 0 saturated carbocycles. The van der Waals surface area contributed by atoms with E-state index in [-0.39, 0.29) is 0 Å². The normalized spacial score (nSPS) is 14.5. The summed E-state index contributed by atoms with van der Waals surface area (Å²) in [5, 5.41) is 43.5. The zero-order valence-corrected chi connectivity index (χ0v) is 32.4. The van der Waals surface area contributed by atoms with Crippen LogP contribution in [0.1, 0.15) is 213 Å². The van der Waals surface area contributed by atoms with Gasteiger partial charge in [-0.15, -0.1) is 0 Å². The van der Waals surface area contributed by atoms with E-state index in [4.69, 9.17) is 0 Å². The number of aliphatic hydroxyl groups excluding tert-OH is 4. The lowest BCUT2D eigenvalue weighted by molar-refractivity contribution is -0.132. The largest absolute Gasteiger partial charge is 0.394 e. The summed E-state index contributed by atoms with van der Waals surface area (Å²) >= 11 is 0. The van der Waals surface area contributed by atoms with Gasteiger partial charge in [-0.3, -0.25) is 4.79 Å². The first kappa shape index (κ1) is 47.8. The minimum absolute atomic E-state index is 0.357. The SMILES string of the molecule is CCCCCCCC/C=C/CCCC(O)C(O)C(CO)NC(=O)C(O)CCCCCCCC/C=C\CCCCCCCCCCCCCC. The molecule has 0 aromatic heterocycles. The fourth-order valence-corrected chi connectivity index (χ4v) is 6.46. The summed E-state index contributed by atoms with van der Waals surface area (Å²) in [5.41, 5.74) is 0. The summed E-state index contributed by atoms with van der Waals surface area (Å²) in [6, 6.07) is -1.00. The van der Waals surface area contributed by atoms with E-state index in [9.17, 15) is 25.2 Å². The molecule has 0 spiro atoms. The van der Waals surface area contributed by atoms with Gasteiger partial charge in [0.25, 0.3) is 0 Å². The van der Waals surface area contributed by atoms with E-state index in [2.05, 4.69) is 43.5 Å². The molecular formula is C43H83NO5. The van der Waals surface area contributed by atoms with Gasteiger partial charge in [-0.2, -0.15) is 0 Å². The molecule has 6 heteroatoms. The fourth-order valence-electron chi connectivity index (χ4n) is 6.46. The Morgan fingerprint density at radius 1 is 0.490 bits per heavy atom. The Morgan fingerprint density at radius 3 is 1.22 bits per heavy atom. The number of rotatable bonds is 38. The molecule has 4 unspecified atom stereocenters. The maximum absolute atomic E-state index is 12.5. The predicted molar refractivity (Wildman–Crippen MR) is 210 cm³/mol. The molecule has 0 aliphatic heterocycles. The second kappa shape index (κ2) is 38.0. The summed E-state index contributed by atoms with van der Waals surface area (Å²) < 4.78 is 0. The second-order valence-electron chi connectivity index (χ2n) is 14.7. The smallest absolute Gasteiger partial charge is 0.249 e. The van der Waals surface area contributed by atoms with Crippen LogP contribution in [-0.2, 0) is 4.79 Å². The Labute approximate surface area is 304 Å². The standard InChI is InChI=1S/C43H83NO5/c1-3-5-7-9-11-13-15-16-17-18-19-20-21-22-23-24-25-27-29-31-33-35-37-41(47)43(49)44-39(38-45)42(48)40(46)36-34-32-30-28-26-14-12-10-8-6-4-2/h22-23,28,30,39-42,45-48H,3-21,24-27,29,31-38H2,1-2H3,(H,44,49)/b23-22-,30-28+. The van der Waals surface area contributed by atoms with Gasteiger partial charge in [-0.1, -0.05) is 173 Å². The average molecular weight is 694 g/mol. The third-order valence-corrected chi connectivity index (χ3v) is 9.88. The molecule has 0 saturated heterocycles. The summed E-state index contributed by atoms with van der Waals surface area (Å²) in [4.78, 5) is 12.5. The number of carbonyl (C=O) groups excluding carboxylic acids is 1. The molecule has 0 bridgehead atoms. The average Bonchev–Trinajstić information content (AvgIpc) is 3.11. The van der Waals surface area contributed by atoms with Crippen molar-refractivity contribution in [2.75, 3.05) is 6.61 Å². The Hall–Kier alpha value is -1.21. The van der Waals surface area contributed by atoms with Crippen LogP contribution in [0.4, 0.5) is 0 Å². The van der Waals surface area contributed by atoms with Crippen LogP contribution in [0.25, 0.3) is 0 Å². The molecule has 0 aliphatic rings. The van der Waals surface area contributed by atoms with Crippen LogP contribution in [0.5, 0.6) is 0 Å². The van der Waals surface area contributed by atoms with Gasteiger partial charge in [0, 0.05) is 0 Å². The van der Waals surface area contributed by atoms with E-state index >= 15 is 0 Å². The van der Waals surface area contributed by atoms with Crippen LogP contribution < -0.4 is 5.32 Å². The summed E-state index contributed by atoms with van der Waals surface area (Å²) in [6.07, 6.45) is 42.2. The number of aliphatic hydroxyl groups is 4. The Morgan fingerprint density at radius 2 is 0.837 bits per heavy atom. The van der Waals surface area contributed by atoms with E-state index in [1.165, 1.54) is 141 Å². The second-order valence-corrected chi connectivity index (χ2v) is 14.7. The first-order valence-electron chi connectivity index (χ1n) is 21.2. The van der Waals surface area contributed by atoms with Crippen molar-refractivity contribution in [3.63, 3.8) is 0 Å². The van der Waals surface area contributed by atoms with E-state index in [1.54, 1.807) is 0 Å². The number of unbranched alkanes of at least 4 members (excludes halogenated alkanes) is 25. The van der Waals surface area contributed by atoms with Crippen molar-refractivity contribution < 1.29 is 25.2 Å². The summed E-state index contributed by atoms with van der Waals surface area (Å²) in [5.74, 6) is -0.599. The van der Waals surface area contributed by atoms with Crippen LogP contribution in [0, 0.1) is 0 Å². The molecule has 0 fully saturated rings. The van der Waals surface area contributed by atoms with Gasteiger partial charge in [-0.25, -0.2) is 0 Å². The van der Waals surface area contributed by atoms with E-state index < -0.39 is 36.9 Å². The lowest BCUT2D eigenvalue weighted by Crippen LogP contribution is -2.53. The highest BCUT2D eigenvalue weighted by molar-refractivity contribution is 5.80. The summed E-state index contributed by atoms with van der Waals surface area (Å²) in [7, 11) is 0. The van der Waals surface area contributed by atoms with Crippen LogP contribution in [0.3, 0.4) is 0 Å². The number of allylic oxidation sites excluding steroid dienone is 4. The van der Waals surface area contributed by atoms with Crippen molar-refractivity contribution >= 4 is 5.91 Å².